The number of hydrogen-bond acceptors (Lipinski definition) is 6. The zero-order valence-electron chi connectivity index (χ0n) is 7.60. The Hall–Kier alpha value is -2.24. The standard InChI is InChI=1S/C9H7N3O3/c10-8-6-4(11-9(13)12-8)1-2-5-7(6)15-3-14-5/h1-2H,3H2,(H3,10,11,12,13). The fraction of sp³-hybridized carbons (Fsp3) is 0.111. The number of aromatic nitrogens is 2. The Balaban J connectivity index is 2.45. The first-order chi connectivity index (χ1) is 7.25. The van der Waals surface area contributed by atoms with Crippen molar-refractivity contribution >= 4 is 16.7 Å². The predicted molar refractivity (Wildman–Crippen MR) is 51.7 cm³/mol. The molecule has 0 saturated carbocycles. The number of nitrogen functional groups attached to an aromatic ring is 1. The van der Waals surface area contributed by atoms with Gasteiger partial charge in [-0.05, 0) is 12.1 Å². The summed E-state index contributed by atoms with van der Waals surface area (Å²) in [6.07, 6.45) is 0. The Bertz CT molecular complexity index is 556. The number of nitrogens with two attached hydrogens (primary N) is 1. The van der Waals surface area contributed by atoms with Crippen LogP contribution in [0, 0.1) is 0 Å². The van der Waals surface area contributed by atoms with Crippen molar-refractivity contribution < 1.29 is 14.6 Å². The van der Waals surface area contributed by atoms with Gasteiger partial charge in [-0.2, -0.15) is 9.97 Å². The lowest BCUT2D eigenvalue weighted by atomic mass is 10.2. The Kier molecular flexibility index (Phi) is 1.42. The van der Waals surface area contributed by atoms with Crippen LogP contribution in [-0.2, 0) is 0 Å². The summed E-state index contributed by atoms with van der Waals surface area (Å²) in [4.78, 5) is 7.51. The second kappa shape index (κ2) is 2.63. The van der Waals surface area contributed by atoms with E-state index in [0.29, 0.717) is 22.4 Å². The lowest BCUT2D eigenvalue weighted by molar-refractivity contribution is 0.175. The van der Waals surface area contributed by atoms with E-state index < -0.39 is 0 Å². The number of hydrogen-bond donors (Lipinski definition) is 2. The van der Waals surface area contributed by atoms with E-state index >= 15 is 0 Å². The van der Waals surface area contributed by atoms with Crippen LogP contribution in [0.1, 0.15) is 0 Å². The number of ether oxygens (including phenoxy) is 2. The molecule has 0 spiro atoms. The summed E-state index contributed by atoms with van der Waals surface area (Å²) in [5.74, 6) is 1.33. The molecule has 0 bridgehead atoms. The third-order valence-electron chi connectivity index (χ3n) is 2.21. The molecular weight excluding hydrogens is 198 g/mol. The van der Waals surface area contributed by atoms with E-state index in [1.807, 2.05) is 0 Å². The van der Waals surface area contributed by atoms with E-state index in [2.05, 4.69) is 9.97 Å². The topological polar surface area (TPSA) is 90.5 Å². The average Bonchev–Trinajstić information content (AvgIpc) is 2.63. The molecule has 2 aromatic rings. The highest BCUT2D eigenvalue weighted by atomic mass is 16.7. The molecule has 3 N–H and O–H groups in total. The Morgan fingerprint density at radius 3 is 3.00 bits per heavy atom. The summed E-state index contributed by atoms with van der Waals surface area (Å²) in [5.41, 5.74) is 6.22. The number of anilines is 1. The van der Waals surface area contributed by atoms with E-state index in [1.165, 1.54) is 0 Å². The van der Waals surface area contributed by atoms with Crippen LogP contribution >= 0.6 is 0 Å². The molecule has 1 aliphatic heterocycles. The first kappa shape index (κ1) is 8.10. The molecule has 0 amide bonds. The first-order valence-corrected chi connectivity index (χ1v) is 4.30. The number of fused-ring (bicyclic) bond motifs is 3. The van der Waals surface area contributed by atoms with Crippen molar-refractivity contribution in [2.45, 2.75) is 0 Å². The van der Waals surface area contributed by atoms with Crippen molar-refractivity contribution in [1.29, 1.82) is 0 Å². The fourth-order valence-electron chi connectivity index (χ4n) is 1.60. The van der Waals surface area contributed by atoms with E-state index in [9.17, 15) is 5.11 Å². The van der Waals surface area contributed by atoms with Crippen molar-refractivity contribution in [3.63, 3.8) is 0 Å². The molecule has 0 unspecified atom stereocenters. The van der Waals surface area contributed by atoms with Crippen molar-refractivity contribution in [1.82, 2.24) is 9.97 Å². The maximum absolute atomic E-state index is 9.19. The lowest BCUT2D eigenvalue weighted by Crippen LogP contribution is -1.96. The molecule has 0 fully saturated rings. The first-order valence-electron chi connectivity index (χ1n) is 4.30. The van der Waals surface area contributed by atoms with Gasteiger partial charge in [-0.25, -0.2) is 0 Å². The summed E-state index contributed by atoms with van der Waals surface area (Å²) < 4.78 is 10.5. The summed E-state index contributed by atoms with van der Waals surface area (Å²) in [7, 11) is 0. The van der Waals surface area contributed by atoms with Gasteiger partial charge >= 0.3 is 6.01 Å². The van der Waals surface area contributed by atoms with Gasteiger partial charge in [0.25, 0.3) is 0 Å². The molecule has 2 heterocycles. The van der Waals surface area contributed by atoms with Crippen LogP contribution in [0.15, 0.2) is 12.1 Å². The van der Waals surface area contributed by atoms with Crippen LogP contribution in [0.4, 0.5) is 5.82 Å². The highest BCUT2D eigenvalue weighted by Gasteiger charge is 2.20. The quantitative estimate of drug-likeness (QED) is 0.656. The second-order valence-corrected chi connectivity index (χ2v) is 3.10. The molecule has 0 radical (unpaired) electrons. The van der Waals surface area contributed by atoms with Crippen LogP contribution in [0.2, 0.25) is 0 Å². The van der Waals surface area contributed by atoms with E-state index in [-0.39, 0.29) is 18.6 Å². The Labute approximate surface area is 84.3 Å². The summed E-state index contributed by atoms with van der Waals surface area (Å²) >= 11 is 0. The van der Waals surface area contributed by atoms with Gasteiger partial charge in [0, 0.05) is 0 Å². The number of rotatable bonds is 0. The molecule has 76 valence electrons. The van der Waals surface area contributed by atoms with E-state index in [0.717, 1.165) is 0 Å². The van der Waals surface area contributed by atoms with E-state index in [1.54, 1.807) is 12.1 Å². The van der Waals surface area contributed by atoms with Gasteiger partial charge in [-0.15, -0.1) is 0 Å². The summed E-state index contributed by atoms with van der Waals surface area (Å²) in [6.45, 7) is 0.161. The minimum Gasteiger partial charge on any atom is -0.479 e. The largest absolute Gasteiger partial charge is 0.479 e. The average molecular weight is 205 g/mol. The van der Waals surface area contributed by atoms with Crippen molar-refractivity contribution in [2.24, 2.45) is 0 Å². The maximum atomic E-state index is 9.19. The lowest BCUT2D eigenvalue weighted by Gasteiger charge is -2.04. The van der Waals surface area contributed by atoms with Crippen LogP contribution in [0.25, 0.3) is 10.9 Å². The minimum atomic E-state index is -0.348. The second-order valence-electron chi connectivity index (χ2n) is 3.10. The molecule has 0 atom stereocenters. The number of aromatic hydroxyl groups is 1. The van der Waals surface area contributed by atoms with Crippen LogP contribution < -0.4 is 15.2 Å². The summed E-state index contributed by atoms with van der Waals surface area (Å²) in [6, 6.07) is 3.07. The molecular formula is C9H7N3O3. The molecule has 6 heteroatoms. The van der Waals surface area contributed by atoms with Gasteiger partial charge in [-0.1, -0.05) is 0 Å². The van der Waals surface area contributed by atoms with Gasteiger partial charge in [0.15, 0.2) is 11.5 Å². The third-order valence-corrected chi connectivity index (χ3v) is 2.21. The fourth-order valence-corrected chi connectivity index (χ4v) is 1.60. The Morgan fingerprint density at radius 1 is 1.27 bits per heavy atom. The smallest absolute Gasteiger partial charge is 0.316 e. The van der Waals surface area contributed by atoms with Gasteiger partial charge in [0.05, 0.1) is 10.9 Å². The van der Waals surface area contributed by atoms with Gasteiger partial charge in [0.2, 0.25) is 6.79 Å². The van der Waals surface area contributed by atoms with Crippen molar-refractivity contribution in [3.05, 3.63) is 12.1 Å². The van der Waals surface area contributed by atoms with Crippen LogP contribution in [0.3, 0.4) is 0 Å². The van der Waals surface area contributed by atoms with Crippen LogP contribution in [-0.4, -0.2) is 21.9 Å². The molecule has 15 heavy (non-hydrogen) atoms. The normalized spacial score (nSPS) is 13.3. The molecule has 3 rings (SSSR count). The zero-order valence-corrected chi connectivity index (χ0v) is 7.60. The van der Waals surface area contributed by atoms with E-state index in [4.69, 9.17) is 15.2 Å². The number of nitrogens with zero attached hydrogens (tertiary/aromatic N) is 2. The number of benzene rings is 1. The highest BCUT2D eigenvalue weighted by molar-refractivity contribution is 5.96. The molecule has 1 aromatic carbocycles. The maximum Gasteiger partial charge on any atom is 0.316 e. The molecule has 1 aliphatic rings. The third kappa shape index (κ3) is 1.04. The van der Waals surface area contributed by atoms with Crippen molar-refractivity contribution in [2.75, 3.05) is 12.5 Å². The monoisotopic (exact) mass is 205 g/mol. The molecule has 1 aromatic heterocycles. The highest BCUT2D eigenvalue weighted by Crippen LogP contribution is 2.40. The Morgan fingerprint density at radius 2 is 2.13 bits per heavy atom. The summed E-state index contributed by atoms with van der Waals surface area (Å²) in [5, 5.41) is 9.76. The SMILES string of the molecule is Nc1nc(O)nc2ccc3c(c12)OCO3. The molecule has 0 saturated heterocycles. The molecule has 6 nitrogen and oxygen atoms in total. The van der Waals surface area contributed by atoms with Gasteiger partial charge in [0.1, 0.15) is 5.82 Å². The van der Waals surface area contributed by atoms with Crippen molar-refractivity contribution in [3.8, 4) is 17.5 Å². The molecule has 0 aliphatic carbocycles. The van der Waals surface area contributed by atoms with Gasteiger partial charge < -0.3 is 20.3 Å². The minimum absolute atomic E-state index is 0.161. The van der Waals surface area contributed by atoms with Gasteiger partial charge in [-0.3, -0.25) is 0 Å². The zero-order chi connectivity index (χ0) is 10.4. The predicted octanol–water partition coefficient (Wildman–Crippen LogP) is 0.646. The van der Waals surface area contributed by atoms with Crippen LogP contribution in [0.5, 0.6) is 17.5 Å².